The van der Waals surface area contributed by atoms with E-state index in [1.54, 1.807) is 4.90 Å². The number of alkyl halides is 2. The van der Waals surface area contributed by atoms with E-state index < -0.39 is 24.3 Å². The predicted octanol–water partition coefficient (Wildman–Crippen LogP) is 5.96. The number of halogens is 4. The molecule has 2 bridgehead atoms. The standard InChI is InChI=1S/C26H28ClF3N6O2/c1-26(2,3)38-25(37)36-12-15-5-6-16(36)11-35(15)20-9-8-18-23(34-20)24(32-13-31-18)33-17-7-4-14(10-19(28)29)21(27)22(17)30/h4,7-9,13,15-16,19H,5-6,10-12H2,1-3H3,(H,31,32,33)/t15?,16-/m0/s1. The lowest BCUT2D eigenvalue weighted by Gasteiger charge is -2.51. The highest BCUT2D eigenvalue weighted by atomic mass is 35.5. The van der Waals surface area contributed by atoms with Crippen molar-refractivity contribution in [2.24, 2.45) is 0 Å². The van der Waals surface area contributed by atoms with Crippen LogP contribution in [0.1, 0.15) is 39.2 Å². The highest BCUT2D eigenvalue weighted by molar-refractivity contribution is 6.31. The first-order chi connectivity index (χ1) is 18.0. The minimum atomic E-state index is -2.64. The number of piperazine rings is 1. The third-order valence-electron chi connectivity index (χ3n) is 6.71. The van der Waals surface area contributed by atoms with Gasteiger partial charge in [-0.2, -0.15) is 0 Å². The molecule has 5 heterocycles. The molecule has 1 N–H and O–H groups in total. The van der Waals surface area contributed by atoms with Gasteiger partial charge in [0.05, 0.1) is 22.3 Å². The number of rotatable bonds is 5. The summed E-state index contributed by atoms with van der Waals surface area (Å²) in [5, 5.41) is 2.54. The van der Waals surface area contributed by atoms with Gasteiger partial charge in [-0.3, -0.25) is 0 Å². The maximum Gasteiger partial charge on any atom is 0.410 e. The van der Waals surface area contributed by atoms with Crippen molar-refractivity contribution in [3.05, 3.63) is 47.0 Å². The second-order valence-electron chi connectivity index (χ2n) is 10.5. The molecule has 3 saturated heterocycles. The van der Waals surface area contributed by atoms with Gasteiger partial charge in [-0.15, -0.1) is 0 Å². The molecule has 0 aliphatic carbocycles. The second-order valence-corrected chi connectivity index (χ2v) is 10.9. The minimum absolute atomic E-state index is 0.0000397. The van der Waals surface area contributed by atoms with E-state index in [1.165, 1.54) is 18.5 Å². The number of fused-ring (bicyclic) bond motifs is 4. The highest BCUT2D eigenvalue weighted by Gasteiger charge is 2.43. The summed E-state index contributed by atoms with van der Waals surface area (Å²) in [4.78, 5) is 30.0. The number of aromatic nitrogens is 3. The second kappa shape index (κ2) is 10.1. The topological polar surface area (TPSA) is 83.5 Å². The van der Waals surface area contributed by atoms with Crippen molar-refractivity contribution in [3.63, 3.8) is 0 Å². The van der Waals surface area contributed by atoms with Crippen LogP contribution in [-0.4, -0.2) is 63.1 Å². The Kier molecular flexibility index (Phi) is 6.97. The third kappa shape index (κ3) is 5.29. The molecule has 8 nitrogen and oxygen atoms in total. The van der Waals surface area contributed by atoms with Gasteiger partial charge >= 0.3 is 6.09 Å². The fourth-order valence-corrected chi connectivity index (χ4v) is 5.21. The van der Waals surface area contributed by atoms with Crippen LogP contribution in [0.25, 0.3) is 11.0 Å². The van der Waals surface area contributed by atoms with Crippen LogP contribution >= 0.6 is 11.6 Å². The number of amides is 1. The normalized spacial score (nSPS) is 19.4. The van der Waals surface area contributed by atoms with Crippen LogP contribution < -0.4 is 10.2 Å². The number of carbonyl (C=O) groups excluding carboxylic acids is 1. The fourth-order valence-electron chi connectivity index (χ4n) is 4.97. The number of pyridine rings is 1. The molecule has 6 rings (SSSR count). The summed E-state index contributed by atoms with van der Waals surface area (Å²) < 4.78 is 46.1. The van der Waals surface area contributed by atoms with Crippen LogP contribution in [0.4, 0.5) is 35.3 Å². The number of anilines is 3. The zero-order valence-corrected chi connectivity index (χ0v) is 22.0. The van der Waals surface area contributed by atoms with E-state index in [9.17, 15) is 18.0 Å². The molecule has 1 aromatic carbocycles. The zero-order valence-electron chi connectivity index (χ0n) is 21.2. The molecule has 0 spiro atoms. The first kappa shape index (κ1) is 26.3. The Morgan fingerprint density at radius 3 is 2.61 bits per heavy atom. The molecule has 2 aromatic heterocycles. The number of nitrogens with zero attached hydrogens (tertiary/aromatic N) is 5. The van der Waals surface area contributed by atoms with E-state index in [0.717, 1.165) is 12.8 Å². The number of piperidine rings is 2. The Hall–Kier alpha value is -3.34. The molecular formula is C26H28ClF3N6O2. The first-order valence-corrected chi connectivity index (χ1v) is 12.8. The van der Waals surface area contributed by atoms with Crippen molar-refractivity contribution in [2.45, 2.75) is 64.1 Å². The monoisotopic (exact) mass is 548 g/mol. The summed E-state index contributed by atoms with van der Waals surface area (Å²) in [6.07, 6.45) is -0.460. The number of nitrogens with one attached hydrogen (secondary N) is 1. The SMILES string of the molecule is CC(C)(C)OC(=O)N1CC2CC[C@H]1CN2c1ccc2ncnc(Nc3ccc(CC(F)F)c(Cl)c3F)c2n1. The van der Waals surface area contributed by atoms with Gasteiger partial charge in [0.25, 0.3) is 0 Å². The number of hydrogen-bond donors (Lipinski definition) is 1. The van der Waals surface area contributed by atoms with E-state index in [1.807, 2.05) is 32.9 Å². The highest BCUT2D eigenvalue weighted by Crippen LogP contribution is 2.35. The van der Waals surface area contributed by atoms with Gasteiger partial charge in [-0.25, -0.2) is 32.9 Å². The maximum absolute atomic E-state index is 14.9. The minimum Gasteiger partial charge on any atom is -0.444 e. The lowest BCUT2D eigenvalue weighted by atomic mass is 9.91. The number of ether oxygens (including phenoxy) is 1. The van der Waals surface area contributed by atoms with Gasteiger partial charge < -0.3 is 19.9 Å². The van der Waals surface area contributed by atoms with E-state index >= 15 is 0 Å². The lowest BCUT2D eigenvalue weighted by molar-refractivity contribution is 0.000787. The molecule has 38 heavy (non-hydrogen) atoms. The van der Waals surface area contributed by atoms with Crippen molar-refractivity contribution in [2.75, 3.05) is 23.3 Å². The van der Waals surface area contributed by atoms with Gasteiger partial charge in [-0.05, 0) is 57.4 Å². The maximum atomic E-state index is 14.9. The van der Waals surface area contributed by atoms with Crippen LogP contribution in [0.5, 0.6) is 0 Å². The molecule has 3 aliphatic heterocycles. The molecule has 3 fully saturated rings. The summed E-state index contributed by atoms with van der Waals surface area (Å²) in [7, 11) is 0. The smallest absolute Gasteiger partial charge is 0.410 e. The zero-order chi connectivity index (χ0) is 27.2. The Morgan fingerprint density at radius 1 is 1.16 bits per heavy atom. The van der Waals surface area contributed by atoms with Crippen molar-refractivity contribution < 1.29 is 22.7 Å². The van der Waals surface area contributed by atoms with Gasteiger partial charge in [0.2, 0.25) is 6.43 Å². The van der Waals surface area contributed by atoms with Gasteiger partial charge in [0.15, 0.2) is 11.6 Å². The van der Waals surface area contributed by atoms with Gasteiger partial charge in [0.1, 0.15) is 23.3 Å². The summed E-state index contributed by atoms with van der Waals surface area (Å²) >= 11 is 6.02. The largest absolute Gasteiger partial charge is 0.444 e. The molecule has 1 unspecified atom stereocenters. The van der Waals surface area contributed by atoms with Gasteiger partial charge in [0, 0.05) is 25.6 Å². The van der Waals surface area contributed by atoms with E-state index in [-0.39, 0.29) is 40.3 Å². The molecule has 1 amide bonds. The fraction of sp³-hybridized carbons (Fsp3) is 0.462. The van der Waals surface area contributed by atoms with Crippen molar-refractivity contribution >= 4 is 46.1 Å². The molecule has 0 radical (unpaired) electrons. The summed E-state index contributed by atoms with van der Waals surface area (Å²) in [6, 6.07) is 6.47. The van der Waals surface area contributed by atoms with E-state index in [2.05, 4.69) is 20.2 Å². The van der Waals surface area contributed by atoms with Crippen molar-refractivity contribution in [3.8, 4) is 0 Å². The molecular weight excluding hydrogens is 521 g/mol. The van der Waals surface area contributed by atoms with Crippen molar-refractivity contribution in [1.82, 2.24) is 19.9 Å². The Labute approximate surface area is 223 Å². The molecule has 3 aliphatic rings. The van der Waals surface area contributed by atoms with Gasteiger partial charge in [-0.1, -0.05) is 17.7 Å². The first-order valence-electron chi connectivity index (χ1n) is 12.4. The third-order valence-corrected chi connectivity index (χ3v) is 7.12. The van der Waals surface area contributed by atoms with Crippen LogP contribution in [0.2, 0.25) is 5.02 Å². The van der Waals surface area contributed by atoms with E-state index in [0.29, 0.717) is 29.9 Å². The summed E-state index contributed by atoms with van der Waals surface area (Å²) in [6.45, 7) is 6.69. The van der Waals surface area contributed by atoms with Crippen LogP contribution in [0.3, 0.4) is 0 Å². The van der Waals surface area contributed by atoms with Crippen LogP contribution in [0, 0.1) is 5.82 Å². The van der Waals surface area contributed by atoms with Crippen molar-refractivity contribution in [1.29, 1.82) is 0 Å². The molecule has 2 atom stereocenters. The number of carbonyl (C=O) groups is 1. The quantitative estimate of drug-likeness (QED) is 0.421. The molecule has 12 heteroatoms. The molecule has 202 valence electrons. The predicted molar refractivity (Wildman–Crippen MR) is 139 cm³/mol. The summed E-state index contributed by atoms with van der Waals surface area (Å²) in [5.41, 5.74) is 0.416. The van der Waals surface area contributed by atoms with Crippen LogP contribution in [-0.2, 0) is 11.2 Å². The van der Waals surface area contributed by atoms with Crippen LogP contribution in [0.15, 0.2) is 30.6 Å². The average Bonchev–Trinajstić information content (AvgIpc) is 2.87. The molecule has 3 aromatic rings. The number of hydrogen-bond acceptors (Lipinski definition) is 7. The Balaban J connectivity index is 1.40. The Bertz CT molecular complexity index is 1370. The Morgan fingerprint density at radius 2 is 1.92 bits per heavy atom. The summed E-state index contributed by atoms with van der Waals surface area (Å²) in [5.74, 6) is 0.106. The average molecular weight is 549 g/mol. The number of benzene rings is 1. The molecule has 0 saturated carbocycles. The van der Waals surface area contributed by atoms with E-state index in [4.69, 9.17) is 21.3 Å². The lowest BCUT2D eigenvalue weighted by Crippen LogP contribution is -2.64.